The summed E-state index contributed by atoms with van der Waals surface area (Å²) in [6, 6.07) is 0. The molecule has 0 amide bonds. The van der Waals surface area contributed by atoms with Gasteiger partial charge >= 0.3 is 0 Å². The van der Waals surface area contributed by atoms with Gasteiger partial charge in [-0.25, -0.2) is 0 Å². The van der Waals surface area contributed by atoms with Crippen LogP contribution in [0.5, 0.6) is 0 Å². The second-order valence-electron chi connectivity index (χ2n) is 16.8. The topological polar surface area (TPSA) is 448 Å². The van der Waals surface area contributed by atoms with Gasteiger partial charge in [-0.15, -0.1) is 0 Å². The van der Waals surface area contributed by atoms with Crippen LogP contribution in [0.3, 0.4) is 0 Å². The Balaban J connectivity index is -0.0000000457. The van der Waals surface area contributed by atoms with Gasteiger partial charge in [-0.3, -0.25) is 57.5 Å². The van der Waals surface area contributed by atoms with E-state index in [-0.39, 0.29) is 204 Å². The molecule has 0 spiro atoms. The van der Waals surface area contributed by atoms with Gasteiger partial charge in [0, 0.05) is 139 Å². The first-order valence-corrected chi connectivity index (χ1v) is 24.1. The van der Waals surface area contributed by atoms with Crippen molar-refractivity contribution in [3.05, 3.63) is 142 Å². The van der Waals surface area contributed by atoms with Crippen molar-refractivity contribution in [1.82, 2.24) is 0 Å². The first-order chi connectivity index (χ1) is 37.5. The van der Waals surface area contributed by atoms with Crippen LogP contribution >= 0.6 is 0 Å². The maximum Gasteiger partial charge on any atom is 0.155 e. The molecule has 0 saturated heterocycles. The van der Waals surface area contributed by atoms with Crippen LogP contribution < -0.4 is 0 Å². The van der Waals surface area contributed by atoms with Gasteiger partial charge < -0.3 is 61.3 Å². The molecule has 12 N–H and O–H groups in total. The van der Waals surface area contributed by atoms with Crippen LogP contribution in [-0.4, -0.2) is 131 Å². The van der Waals surface area contributed by atoms with Gasteiger partial charge in [0.1, 0.15) is 0 Å². The van der Waals surface area contributed by atoms with Crippen LogP contribution in [0.1, 0.15) is 166 Å². The molecule has 0 saturated carbocycles. The number of carbonyl (C=O) groups excluding carboxylic acids is 12. The number of ketones is 12. The molecule has 0 aliphatic heterocycles. The molecule has 0 aromatic rings. The van der Waals surface area contributed by atoms with E-state index in [4.69, 9.17) is 61.3 Å². The summed E-state index contributed by atoms with van der Waals surface area (Å²) < 4.78 is 0. The minimum absolute atomic E-state index is 0. The predicted molar refractivity (Wildman–Crippen MR) is 325 cm³/mol. The third-order valence-corrected chi connectivity index (χ3v) is 4.95. The average Bonchev–Trinajstić information content (AvgIpc) is 3.14. The smallest absolute Gasteiger partial charge is 0.155 e. The van der Waals surface area contributed by atoms with Crippen LogP contribution in [0.15, 0.2) is 142 Å². The molecule has 0 rings (SSSR count). The SMILES string of the molecule is CC(=O)/C=C(/C)O.CC(=O)/C=C(/C)O.CC(=O)/C=C(/C)O.CC(=O)/C=C(/C)O.CC(=O)/C=C(/C)O.CC(=O)/C=C(/C)O.CC(=O)/C=C(/C)O.CC(=O)/C=C(/C)O.CC(=O)/C=C(/C)O.CC(=O)/C=C(/C)O.CC(=O)/C=C(\C)O.CC(=O)/C=C(\C)O.[Ni].[Ni].[Ni].[Ni]. The third-order valence-electron chi connectivity index (χ3n) is 4.95. The normalized spacial score (nSPS) is 10.9. The molecule has 0 heterocycles. The Labute approximate surface area is 559 Å². The van der Waals surface area contributed by atoms with Crippen molar-refractivity contribution in [2.75, 3.05) is 0 Å². The zero-order valence-corrected chi connectivity index (χ0v) is 58.4. The maximum absolute atomic E-state index is 10.0. The Morgan fingerprint density at radius 1 is 0.136 bits per heavy atom. The first kappa shape index (κ1) is 122. The molecule has 0 aromatic carbocycles. The number of carbonyl (C=O) groups is 12. The van der Waals surface area contributed by atoms with Gasteiger partial charge in [-0.1, -0.05) is 0 Å². The van der Waals surface area contributed by atoms with E-state index < -0.39 is 0 Å². The Morgan fingerprint density at radius 3 is 0.170 bits per heavy atom. The van der Waals surface area contributed by atoms with Gasteiger partial charge in [-0.2, -0.15) is 0 Å². The fourth-order valence-corrected chi connectivity index (χ4v) is 3.53. The fourth-order valence-electron chi connectivity index (χ4n) is 3.53. The van der Waals surface area contributed by atoms with Crippen LogP contribution in [0.25, 0.3) is 0 Å². The van der Waals surface area contributed by atoms with Gasteiger partial charge in [0.25, 0.3) is 0 Å². The maximum atomic E-state index is 10.0. The van der Waals surface area contributed by atoms with Gasteiger partial charge in [0.15, 0.2) is 69.4 Å². The first-order valence-electron chi connectivity index (χ1n) is 24.1. The number of hydrogen-bond acceptors (Lipinski definition) is 24. The minimum Gasteiger partial charge on any atom is -0.512 e. The Hall–Kier alpha value is -7.51. The Kier molecular flexibility index (Phi) is 116. The van der Waals surface area contributed by atoms with Gasteiger partial charge in [-0.05, 0) is 166 Å². The van der Waals surface area contributed by atoms with E-state index in [2.05, 4.69) is 0 Å². The second kappa shape index (κ2) is 83.7. The largest absolute Gasteiger partial charge is 0.512 e. The molecule has 0 atom stereocenters. The van der Waals surface area contributed by atoms with E-state index in [1.807, 2.05) is 0 Å². The molecule has 0 bridgehead atoms. The number of allylic oxidation sites excluding steroid dienone is 24. The molecule has 88 heavy (non-hydrogen) atoms. The molecule has 28 heteroatoms. The van der Waals surface area contributed by atoms with Crippen molar-refractivity contribution in [2.24, 2.45) is 0 Å². The summed E-state index contributed by atoms with van der Waals surface area (Å²) in [5.74, 6) is -0.750. The van der Waals surface area contributed by atoms with Crippen molar-refractivity contribution >= 4 is 69.4 Å². The number of aliphatic hydroxyl groups is 12. The monoisotopic (exact) mass is 1430 g/mol. The van der Waals surface area contributed by atoms with E-state index in [0.717, 1.165) is 0 Å². The molecule has 520 valence electrons. The van der Waals surface area contributed by atoms with Crippen molar-refractivity contribution in [2.45, 2.75) is 166 Å². The molecule has 0 unspecified atom stereocenters. The van der Waals surface area contributed by atoms with Crippen molar-refractivity contribution < 1.29 is 185 Å². The summed E-state index contributed by atoms with van der Waals surface area (Å²) in [6.45, 7) is 34.2. The average molecular weight is 1440 g/mol. The van der Waals surface area contributed by atoms with E-state index in [1.165, 1.54) is 239 Å². The molecule has 0 aromatic heterocycles. The summed E-state index contributed by atoms with van der Waals surface area (Å²) in [5.41, 5.74) is 0. The number of hydrogen-bond donors (Lipinski definition) is 12. The van der Waals surface area contributed by atoms with E-state index >= 15 is 0 Å². The minimum atomic E-state index is -0.125. The fraction of sp³-hybridized carbons (Fsp3) is 0.400. The quantitative estimate of drug-likeness (QED) is 0.0490. The zero-order valence-electron chi connectivity index (χ0n) is 54.5. The standard InChI is InChI=1S/12C5H8O2.4Ni/c12*1-4(6)3-5(2)7;;;;/h12*3,6H,1-2H3;;;;/b2*4-3+;10*4-3-;;;;. The van der Waals surface area contributed by atoms with Crippen molar-refractivity contribution in [1.29, 1.82) is 0 Å². The molecule has 0 aliphatic rings. The van der Waals surface area contributed by atoms with E-state index in [0.29, 0.717) is 0 Å². The van der Waals surface area contributed by atoms with E-state index in [9.17, 15) is 57.5 Å². The summed E-state index contributed by atoms with van der Waals surface area (Å²) in [6.07, 6.45) is 14.0. The van der Waals surface area contributed by atoms with Gasteiger partial charge in [0.2, 0.25) is 0 Å². The molecule has 0 fully saturated rings. The molecule has 0 radical (unpaired) electrons. The van der Waals surface area contributed by atoms with Crippen LogP contribution in [0.2, 0.25) is 0 Å². The molecular weight excluding hydrogens is 1340 g/mol. The zero-order chi connectivity index (χ0) is 70.3. The number of rotatable bonds is 12. The third kappa shape index (κ3) is 287. The molecule has 0 aliphatic carbocycles. The summed E-state index contributed by atoms with van der Waals surface area (Å²) >= 11 is 0. The summed E-state index contributed by atoms with van der Waals surface area (Å²) in [7, 11) is 0. The van der Waals surface area contributed by atoms with Gasteiger partial charge in [0.05, 0.1) is 69.1 Å². The van der Waals surface area contributed by atoms with Crippen molar-refractivity contribution in [3.63, 3.8) is 0 Å². The van der Waals surface area contributed by atoms with Crippen LogP contribution in [-0.2, 0) is 124 Å². The Morgan fingerprint density at radius 2 is 0.170 bits per heavy atom. The second-order valence-corrected chi connectivity index (χ2v) is 16.8. The van der Waals surface area contributed by atoms with Crippen LogP contribution in [0, 0.1) is 0 Å². The van der Waals surface area contributed by atoms with Crippen molar-refractivity contribution in [3.8, 4) is 0 Å². The van der Waals surface area contributed by atoms with E-state index in [1.54, 1.807) is 0 Å². The predicted octanol–water partition coefficient (Wildman–Crippen LogP) is 12.4. The Bertz CT molecular complexity index is 1810. The number of aliphatic hydroxyl groups excluding tert-OH is 12. The molecular formula is C60H96Ni4O24. The summed E-state index contributed by atoms with van der Waals surface area (Å²) in [5, 5.41) is 100. The van der Waals surface area contributed by atoms with Crippen LogP contribution in [0.4, 0.5) is 0 Å². The summed E-state index contributed by atoms with van der Waals surface area (Å²) in [4.78, 5) is 120. The molecule has 24 nitrogen and oxygen atoms in total.